The second kappa shape index (κ2) is 5.93. The molecule has 0 aliphatic carbocycles. The van der Waals surface area contributed by atoms with E-state index in [9.17, 15) is 18.0 Å². The number of fused-ring (bicyclic) bond motifs is 1. The third-order valence-corrected chi connectivity index (χ3v) is 4.92. The molecule has 0 atom stereocenters. The predicted octanol–water partition coefficient (Wildman–Crippen LogP) is 4.04. The minimum absolute atomic E-state index is 0.0696. The quantitative estimate of drug-likeness (QED) is 0.790. The van der Waals surface area contributed by atoms with Crippen molar-refractivity contribution < 1.29 is 22.7 Å². The lowest BCUT2D eigenvalue weighted by atomic mass is 9.89. The number of hydrogen-bond acceptors (Lipinski definition) is 3. The summed E-state index contributed by atoms with van der Waals surface area (Å²) in [5, 5.41) is 0. The largest absolute Gasteiger partial charge is 0.481 e. The van der Waals surface area contributed by atoms with Crippen molar-refractivity contribution in [3.8, 4) is 5.75 Å². The molecular formula is C19H23F3N2O2. The lowest BCUT2D eigenvalue weighted by Gasteiger charge is -2.42. The van der Waals surface area contributed by atoms with Gasteiger partial charge >= 0.3 is 6.18 Å². The fourth-order valence-corrected chi connectivity index (χ4v) is 4.00. The molecule has 2 heterocycles. The number of likely N-dealkylation sites (N-methyl/N-ethyl adjacent to an activating group) is 1. The number of alkyl halides is 3. The monoisotopic (exact) mass is 368 g/mol. The number of benzene rings is 1. The summed E-state index contributed by atoms with van der Waals surface area (Å²) in [6.45, 7) is 5.66. The molecule has 26 heavy (non-hydrogen) atoms. The molecule has 1 saturated heterocycles. The first-order valence-corrected chi connectivity index (χ1v) is 8.58. The number of nitrogens with zero attached hydrogens (tertiary/aromatic N) is 2. The molecule has 4 nitrogen and oxygen atoms in total. The topological polar surface area (TPSA) is 32.8 Å². The number of halogens is 3. The van der Waals surface area contributed by atoms with E-state index in [4.69, 9.17) is 4.74 Å². The first kappa shape index (κ1) is 18.6. The van der Waals surface area contributed by atoms with Crippen LogP contribution >= 0.6 is 0 Å². The van der Waals surface area contributed by atoms with Crippen molar-refractivity contribution in [1.82, 2.24) is 9.80 Å². The maximum Gasteiger partial charge on any atom is 0.416 e. The van der Waals surface area contributed by atoms with Crippen LogP contribution in [0, 0.1) is 6.92 Å². The van der Waals surface area contributed by atoms with Gasteiger partial charge in [0.1, 0.15) is 11.4 Å². The Morgan fingerprint density at radius 3 is 2.38 bits per heavy atom. The first-order valence-electron chi connectivity index (χ1n) is 8.58. The normalized spacial score (nSPS) is 19.5. The Kier molecular flexibility index (Phi) is 4.24. The maximum atomic E-state index is 13.5. The number of hydrogen-bond donors (Lipinski definition) is 0. The van der Waals surface area contributed by atoms with Gasteiger partial charge in [0, 0.05) is 32.6 Å². The van der Waals surface area contributed by atoms with E-state index in [1.807, 2.05) is 32.8 Å². The summed E-state index contributed by atoms with van der Waals surface area (Å²) < 4.78 is 46.4. The molecule has 2 aliphatic heterocycles. The molecule has 0 saturated carbocycles. The third kappa shape index (κ3) is 2.83. The standard InChI is InChI=1S/C19H23F3N2O2/c1-11-12(19(20,21)22)8-9-13-15(11)16(24-10-6-7-14(24)25)17(23(4)5)18(2,3)26-13/h8-9H,6-7,10H2,1-5H3. The van der Waals surface area contributed by atoms with Gasteiger partial charge in [-0.2, -0.15) is 13.2 Å². The highest BCUT2D eigenvalue weighted by atomic mass is 19.4. The van der Waals surface area contributed by atoms with Crippen molar-refractivity contribution in [2.75, 3.05) is 20.6 Å². The van der Waals surface area contributed by atoms with Crippen molar-refractivity contribution in [1.29, 1.82) is 0 Å². The van der Waals surface area contributed by atoms with Gasteiger partial charge in [0.25, 0.3) is 0 Å². The minimum atomic E-state index is -4.47. The number of ether oxygens (including phenoxy) is 1. The van der Waals surface area contributed by atoms with Crippen LogP contribution in [0.15, 0.2) is 17.8 Å². The lowest BCUT2D eigenvalue weighted by Crippen LogP contribution is -2.44. The maximum absolute atomic E-state index is 13.5. The first-order chi connectivity index (χ1) is 11.9. The summed E-state index contributed by atoms with van der Waals surface area (Å²) in [7, 11) is 3.63. The van der Waals surface area contributed by atoms with Gasteiger partial charge in [-0.05, 0) is 44.9 Å². The van der Waals surface area contributed by atoms with E-state index in [1.165, 1.54) is 13.0 Å². The van der Waals surface area contributed by atoms with Crippen LogP contribution in [0.5, 0.6) is 5.75 Å². The van der Waals surface area contributed by atoms with Crippen molar-refractivity contribution >= 4 is 11.6 Å². The number of amides is 1. The summed E-state index contributed by atoms with van der Waals surface area (Å²) in [6, 6.07) is 2.41. The Labute approximate surface area is 151 Å². The number of likely N-dealkylation sites (tertiary alicyclic amines) is 1. The molecular weight excluding hydrogens is 345 g/mol. The van der Waals surface area contributed by atoms with E-state index in [0.29, 0.717) is 42.1 Å². The minimum Gasteiger partial charge on any atom is -0.481 e. The molecule has 1 aromatic rings. The van der Waals surface area contributed by atoms with Gasteiger partial charge in [0.2, 0.25) is 5.91 Å². The van der Waals surface area contributed by atoms with Crippen LogP contribution in [0.2, 0.25) is 0 Å². The van der Waals surface area contributed by atoms with Gasteiger partial charge in [0.05, 0.1) is 17.0 Å². The van der Waals surface area contributed by atoms with E-state index in [1.54, 1.807) is 4.90 Å². The van der Waals surface area contributed by atoms with Crippen LogP contribution in [-0.2, 0) is 11.0 Å². The zero-order chi connectivity index (χ0) is 19.4. The van der Waals surface area contributed by atoms with E-state index >= 15 is 0 Å². The van der Waals surface area contributed by atoms with Crippen molar-refractivity contribution in [3.05, 3.63) is 34.5 Å². The Morgan fingerprint density at radius 2 is 1.88 bits per heavy atom. The number of carbonyl (C=O) groups excluding carboxylic acids is 1. The molecule has 0 spiro atoms. The zero-order valence-corrected chi connectivity index (χ0v) is 15.6. The number of carbonyl (C=O) groups is 1. The van der Waals surface area contributed by atoms with Gasteiger partial charge in [0.15, 0.2) is 0 Å². The molecule has 142 valence electrons. The molecule has 1 amide bonds. The Bertz CT molecular complexity index is 795. The highest BCUT2D eigenvalue weighted by Crippen LogP contribution is 2.48. The van der Waals surface area contributed by atoms with Crippen molar-refractivity contribution in [2.24, 2.45) is 0 Å². The molecule has 3 rings (SSSR count). The average Bonchev–Trinajstić information content (AvgIpc) is 2.89. The summed E-state index contributed by atoms with van der Waals surface area (Å²) in [4.78, 5) is 15.9. The van der Waals surface area contributed by atoms with Crippen LogP contribution in [0.1, 0.15) is 43.4 Å². The third-order valence-electron chi connectivity index (χ3n) is 4.92. The Morgan fingerprint density at radius 1 is 1.23 bits per heavy atom. The van der Waals surface area contributed by atoms with Gasteiger partial charge < -0.3 is 14.5 Å². The van der Waals surface area contributed by atoms with Crippen LogP contribution in [0.4, 0.5) is 13.2 Å². The molecule has 0 radical (unpaired) electrons. The molecule has 0 unspecified atom stereocenters. The van der Waals surface area contributed by atoms with Gasteiger partial charge in [-0.3, -0.25) is 4.79 Å². The fourth-order valence-electron chi connectivity index (χ4n) is 4.00. The fraction of sp³-hybridized carbons (Fsp3) is 0.526. The predicted molar refractivity (Wildman–Crippen MR) is 92.4 cm³/mol. The Hall–Kier alpha value is -2.18. The summed E-state index contributed by atoms with van der Waals surface area (Å²) in [5.41, 5.74) is 0.190. The van der Waals surface area contributed by atoms with E-state index in [2.05, 4.69) is 0 Å². The lowest BCUT2D eigenvalue weighted by molar-refractivity contribution is -0.138. The average molecular weight is 368 g/mol. The SMILES string of the molecule is Cc1c(C(F)(F)F)ccc2c1C(N1CCCC1=O)=C(N(C)C)C(C)(C)O2. The van der Waals surface area contributed by atoms with E-state index in [-0.39, 0.29) is 11.5 Å². The number of rotatable bonds is 2. The van der Waals surface area contributed by atoms with Gasteiger partial charge in [-0.15, -0.1) is 0 Å². The smallest absolute Gasteiger partial charge is 0.416 e. The van der Waals surface area contributed by atoms with Gasteiger partial charge in [-0.25, -0.2) is 0 Å². The molecule has 1 fully saturated rings. The van der Waals surface area contributed by atoms with Crippen molar-refractivity contribution in [2.45, 2.75) is 45.4 Å². The van der Waals surface area contributed by atoms with Crippen LogP contribution in [0.3, 0.4) is 0 Å². The summed E-state index contributed by atoms with van der Waals surface area (Å²) >= 11 is 0. The highest BCUT2D eigenvalue weighted by molar-refractivity contribution is 5.92. The van der Waals surface area contributed by atoms with Crippen LogP contribution in [0.25, 0.3) is 5.70 Å². The molecule has 1 aromatic carbocycles. The van der Waals surface area contributed by atoms with Crippen LogP contribution in [-0.4, -0.2) is 41.9 Å². The Balaban J connectivity index is 2.36. The van der Waals surface area contributed by atoms with Crippen molar-refractivity contribution in [3.63, 3.8) is 0 Å². The summed E-state index contributed by atoms with van der Waals surface area (Å²) in [6.07, 6.45) is -3.37. The van der Waals surface area contributed by atoms with E-state index in [0.717, 1.165) is 6.07 Å². The molecule has 7 heteroatoms. The van der Waals surface area contributed by atoms with E-state index < -0.39 is 17.3 Å². The molecule has 0 aromatic heterocycles. The second-order valence-corrected chi connectivity index (χ2v) is 7.46. The molecule has 0 N–H and O–H groups in total. The zero-order valence-electron chi connectivity index (χ0n) is 15.6. The second-order valence-electron chi connectivity index (χ2n) is 7.46. The highest BCUT2D eigenvalue weighted by Gasteiger charge is 2.43. The summed E-state index contributed by atoms with van der Waals surface area (Å²) in [5.74, 6) is 0.306. The van der Waals surface area contributed by atoms with Crippen LogP contribution < -0.4 is 4.74 Å². The molecule has 2 aliphatic rings. The molecule has 0 bridgehead atoms. The van der Waals surface area contributed by atoms with Gasteiger partial charge in [-0.1, -0.05) is 0 Å².